The SMILES string of the molecule is CC1(C)c2ccccc2-c2nc3ccc4ccccc4c3c(-c3ccc4cc(-c5cc(-c6ccc(-c7ccccc7)cc6)cc(-c6ccc(-c7ccccc7)cc6)n5)ccc4c3)c21. The standard InChI is InChI=1S/C61H42N2/c1-61(2)53-20-12-11-19-52(53)60-59(61)57(58-51-18-10-9-17-44(51)33-34-54(58)63-60)49-32-30-46-35-48(31-29-47(46)36-49)56-38-50(43-23-21-41(22-24-43)39-13-5-3-6-14-39)37-55(62-56)45-27-25-42(26-28-45)40-15-7-4-8-16-40/h3-38H,1-2H3. The summed E-state index contributed by atoms with van der Waals surface area (Å²) in [6, 6.07) is 79.0. The zero-order valence-corrected chi connectivity index (χ0v) is 35.2. The Morgan fingerprint density at radius 1 is 0.349 bits per heavy atom. The Bertz CT molecular complexity index is 3450. The van der Waals surface area contributed by atoms with Crippen molar-refractivity contribution < 1.29 is 0 Å². The fourth-order valence-electron chi connectivity index (χ4n) is 10.0. The minimum Gasteiger partial charge on any atom is -0.248 e. The Morgan fingerprint density at radius 3 is 1.52 bits per heavy atom. The van der Waals surface area contributed by atoms with Crippen LogP contribution in [0.25, 0.3) is 111 Å². The number of pyridine rings is 2. The van der Waals surface area contributed by atoms with Gasteiger partial charge < -0.3 is 0 Å². The maximum atomic E-state index is 5.42. The molecule has 1 aliphatic carbocycles. The zero-order chi connectivity index (χ0) is 42.1. The van der Waals surface area contributed by atoms with Gasteiger partial charge in [-0.15, -0.1) is 0 Å². The van der Waals surface area contributed by atoms with Crippen LogP contribution in [0.1, 0.15) is 25.0 Å². The van der Waals surface area contributed by atoms with Crippen molar-refractivity contribution in [3.63, 3.8) is 0 Å². The Kier molecular flexibility index (Phi) is 8.55. The van der Waals surface area contributed by atoms with Crippen molar-refractivity contribution in [2.45, 2.75) is 19.3 Å². The summed E-state index contributed by atoms with van der Waals surface area (Å²) in [6.45, 7) is 4.72. The van der Waals surface area contributed by atoms with E-state index in [4.69, 9.17) is 9.97 Å². The van der Waals surface area contributed by atoms with Gasteiger partial charge in [0.05, 0.1) is 22.6 Å². The Hall–Kier alpha value is -7.94. The Morgan fingerprint density at radius 2 is 0.841 bits per heavy atom. The van der Waals surface area contributed by atoms with E-state index in [2.05, 4.69) is 232 Å². The van der Waals surface area contributed by atoms with Gasteiger partial charge in [-0.05, 0) is 108 Å². The molecule has 0 unspecified atom stereocenters. The van der Waals surface area contributed by atoms with Gasteiger partial charge in [-0.2, -0.15) is 0 Å². The van der Waals surface area contributed by atoms with E-state index in [9.17, 15) is 0 Å². The Balaban J connectivity index is 0.993. The fourth-order valence-corrected chi connectivity index (χ4v) is 10.0. The van der Waals surface area contributed by atoms with E-state index in [1.807, 2.05) is 0 Å². The minimum atomic E-state index is -0.226. The molecular weight excluding hydrogens is 761 g/mol. The number of benzene rings is 9. The summed E-state index contributed by atoms with van der Waals surface area (Å²) >= 11 is 0. The van der Waals surface area contributed by atoms with Crippen molar-refractivity contribution in [2.24, 2.45) is 0 Å². The normalized spacial score (nSPS) is 12.7. The van der Waals surface area contributed by atoms with Crippen LogP contribution in [0.4, 0.5) is 0 Å². The second kappa shape index (κ2) is 14.6. The van der Waals surface area contributed by atoms with Crippen LogP contribution in [0.5, 0.6) is 0 Å². The molecule has 2 aromatic heterocycles. The summed E-state index contributed by atoms with van der Waals surface area (Å²) in [4.78, 5) is 10.8. The number of fused-ring (bicyclic) bond motifs is 7. The molecule has 0 bridgehead atoms. The van der Waals surface area contributed by atoms with Crippen LogP contribution in [0.3, 0.4) is 0 Å². The molecule has 0 aliphatic heterocycles. The highest BCUT2D eigenvalue weighted by atomic mass is 14.7. The molecule has 296 valence electrons. The van der Waals surface area contributed by atoms with Gasteiger partial charge in [-0.25, -0.2) is 9.97 Å². The lowest BCUT2D eigenvalue weighted by atomic mass is 9.78. The van der Waals surface area contributed by atoms with Crippen molar-refractivity contribution in [3.8, 4) is 78.3 Å². The predicted octanol–water partition coefficient (Wildman–Crippen LogP) is 16.2. The monoisotopic (exact) mass is 802 g/mol. The molecule has 2 heterocycles. The van der Waals surface area contributed by atoms with Crippen LogP contribution in [0, 0.1) is 0 Å². The smallest absolute Gasteiger partial charge is 0.0759 e. The first kappa shape index (κ1) is 36.9. The molecule has 0 saturated carbocycles. The lowest BCUT2D eigenvalue weighted by Gasteiger charge is -2.26. The summed E-state index contributed by atoms with van der Waals surface area (Å²) < 4.78 is 0. The van der Waals surface area contributed by atoms with Crippen molar-refractivity contribution in [1.29, 1.82) is 0 Å². The lowest BCUT2D eigenvalue weighted by molar-refractivity contribution is 0.662. The van der Waals surface area contributed by atoms with Crippen molar-refractivity contribution >= 4 is 32.4 Å². The van der Waals surface area contributed by atoms with Gasteiger partial charge >= 0.3 is 0 Å². The molecule has 2 nitrogen and oxygen atoms in total. The van der Waals surface area contributed by atoms with E-state index < -0.39 is 0 Å². The summed E-state index contributed by atoms with van der Waals surface area (Å²) in [6.07, 6.45) is 0. The number of hydrogen-bond acceptors (Lipinski definition) is 2. The highest BCUT2D eigenvalue weighted by Gasteiger charge is 2.39. The van der Waals surface area contributed by atoms with Gasteiger partial charge in [0.2, 0.25) is 0 Å². The first-order chi connectivity index (χ1) is 31.0. The number of rotatable bonds is 6. The van der Waals surface area contributed by atoms with Crippen LogP contribution in [-0.2, 0) is 5.41 Å². The summed E-state index contributed by atoms with van der Waals surface area (Å²) in [7, 11) is 0. The highest BCUT2D eigenvalue weighted by molar-refractivity contribution is 6.16. The molecule has 0 amide bonds. The molecule has 12 rings (SSSR count). The molecule has 11 aromatic rings. The Labute approximate surface area is 367 Å². The van der Waals surface area contributed by atoms with Crippen molar-refractivity contribution in [3.05, 3.63) is 230 Å². The van der Waals surface area contributed by atoms with Gasteiger partial charge in [0.1, 0.15) is 0 Å². The van der Waals surface area contributed by atoms with E-state index >= 15 is 0 Å². The van der Waals surface area contributed by atoms with E-state index in [0.717, 1.165) is 44.9 Å². The average Bonchev–Trinajstić information content (AvgIpc) is 3.58. The molecule has 1 aliphatic rings. The van der Waals surface area contributed by atoms with Crippen LogP contribution in [0.15, 0.2) is 218 Å². The van der Waals surface area contributed by atoms with Crippen molar-refractivity contribution in [2.75, 3.05) is 0 Å². The molecular formula is C61H42N2. The van der Waals surface area contributed by atoms with Crippen LogP contribution >= 0.6 is 0 Å². The van der Waals surface area contributed by atoms with Crippen molar-refractivity contribution in [1.82, 2.24) is 9.97 Å². The molecule has 0 saturated heterocycles. The maximum absolute atomic E-state index is 5.42. The molecule has 0 atom stereocenters. The predicted molar refractivity (Wildman–Crippen MR) is 265 cm³/mol. The molecule has 0 radical (unpaired) electrons. The maximum Gasteiger partial charge on any atom is 0.0759 e. The van der Waals surface area contributed by atoms with E-state index in [-0.39, 0.29) is 5.41 Å². The molecule has 0 spiro atoms. The van der Waals surface area contributed by atoms with Gasteiger partial charge in [0.25, 0.3) is 0 Å². The molecule has 63 heavy (non-hydrogen) atoms. The highest BCUT2D eigenvalue weighted by Crippen LogP contribution is 2.54. The van der Waals surface area contributed by atoms with E-state index in [1.54, 1.807) is 0 Å². The van der Waals surface area contributed by atoms with Gasteiger partial charge in [-0.3, -0.25) is 0 Å². The zero-order valence-electron chi connectivity index (χ0n) is 35.2. The second-order valence-electron chi connectivity index (χ2n) is 17.4. The minimum absolute atomic E-state index is 0.226. The molecule has 0 fully saturated rings. The van der Waals surface area contributed by atoms with Crippen LogP contribution in [-0.4, -0.2) is 9.97 Å². The topological polar surface area (TPSA) is 25.8 Å². The third-order valence-corrected chi connectivity index (χ3v) is 13.2. The molecule has 0 N–H and O–H groups in total. The van der Waals surface area contributed by atoms with Gasteiger partial charge in [0.15, 0.2) is 0 Å². The van der Waals surface area contributed by atoms with Crippen LogP contribution < -0.4 is 0 Å². The summed E-state index contributed by atoms with van der Waals surface area (Å²) in [5, 5.41) is 6.03. The van der Waals surface area contributed by atoms with E-state index in [1.165, 1.54) is 77.0 Å². The third-order valence-electron chi connectivity index (χ3n) is 13.2. The van der Waals surface area contributed by atoms with Crippen LogP contribution in [0.2, 0.25) is 0 Å². The third kappa shape index (κ3) is 6.25. The van der Waals surface area contributed by atoms with Gasteiger partial charge in [-0.1, -0.05) is 202 Å². The fraction of sp³-hybridized carbons (Fsp3) is 0.0492. The largest absolute Gasteiger partial charge is 0.248 e. The van der Waals surface area contributed by atoms with E-state index in [0.29, 0.717) is 0 Å². The lowest BCUT2D eigenvalue weighted by Crippen LogP contribution is -2.16. The average molecular weight is 803 g/mol. The van der Waals surface area contributed by atoms with Gasteiger partial charge in [0, 0.05) is 27.5 Å². The molecule has 9 aromatic carbocycles. The quantitative estimate of drug-likeness (QED) is 0.157. The second-order valence-corrected chi connectivity index (χ2v) is 17.4. The summed E-state index contributed by atoms with van der Waals surface area (Å²) in [5.74, 6) is 0. The number of nitrogens with zero attached hydrogens (tertiary/aromatic N) is 2. The number of aromatic nitrogens is 2. The number of hydrogen-bond donors (Lipinski definition) is 0. The first-order valence-corrected chi connectivity index (χ1v) is 21.8. The molecule has 2 heteroatoms. The first-order valence-electron chi connectivity index (χ1n) is 21.8. The summed E-state index contributed by atoms with van der Waals surface area (Å²) in [5.41, 5.74) is 19.4.